The zero-order valence-corrected chi connectivity index (χ0v) is 11.9. The van der Waals surface area contributed by atoms with Crippen LogP contribution < -0.4 is 0 Å². The van der Waals surface area contributed by atoms with Gasteiger partial charge in [-0.25, -0.2) is 0 Å². The lowest BCUT2D eigenvalue weighted by Crippen LogP contribution is -2.09. The van der Waals surface area contributed by atoms with Crippen LogP contribution in [0.4, 0.5) is 0 Å². The molecule has 3 heteroatoms. The number of aromatic amines is 1. The maximum Gasteiger partial charge on any atom is 0.0568 e. The molecule has 98 valence electrons. The molecule has 2 aromatic heterocycles. The molecule has 3 nitrogen and oxygen atoms in total. The first kappa shape index (κ1) is 12.0. The Morgan fingerprint density at radius 1 is 1.16 bits per heavy atom. The van der Waals surface area contributed by atoms with Gasteiger partial charge in [-0.15, -0.1) is 0 Å². The van der Waals surface area contributed by atoms with Crippen LogP contribution in [-0.2, 0) is 12.5 Å². The van der Waals surface area contributed by atoms with Gasteiger partial charge < -0.3 is 4.98 Å². The molecule has 0 saturated heterocycles. The standard InChI is InChI=1S/C16H19N3/c1-16(2,3)14-9-17-15-6-5-11(7-13(14)15)12-8-18-19(4)10-12/h5-10,17H,1-4H3. The number of hydrogen-bond donors (Lipinski definition) is 1. The van der Waals surface area contributed by atoms with E-state index >= 15 is 0 Å². The summed E-state index contributed by atoms with van der Waals surface area (Å²) in [6, 6.07) is 6.54. The highest BCUT2D eigenvalue weighted by Gasteiger charge is 2.18. The van der Waals surface area contributed by atoms with Gasteiger partial charge >= 0.3 is 0 Å². The van der Waals surface area contributed by atoms with Crippen LogP contribution in [0.1, 0.15) is 26.3 Å². The number of benzene rings is 1. The summed E-state index contributed by atoms with van der Waals surface area (Å²) in [6.07, 6.45) is 6.08. The van der Waals surface area contributed by atoms with Crippen LogP contribution in [0.25, 0.3) is 22.0 Å². The van der Waals surface area contributed by atoms with Gasteiger partial charge in [-0.05, 0) is 28.7 Å². The number of fused-ring (bicyclic) bond motifs is 1. The fourth-order valence-corrected chi connectivity index (χ4v) is 2.49. The SMILES string of the molecule is Cn1cc(-c2ccc3[nH]cc(C(C)(C)C)c3c2)cn1. The lowest BCUT2D eigenvalue weighted by Gasteiger charge is -2.17. The van der Waals surface area contributed by atoms with Crippen molar-refractivity contribution in [1.29, 1.82) is 0 Å². The Morgan fingerprint density at radius 3 is 2.58 bits per heavy atom. The third-order valence-corrected chi connectivity index (χ3v) is 3.53. The summed E-state index contributed by atoms with van der Waals surface area (Å²) in [4.78, 5) is 3.36. The van der Waals surface area contributed by atoms with E-state index in [0.29, 0.717) is 0 Å². The molecule has 0 radical (unpaired) electrons. The average molecular weight is 253 g/mol. The third-order valence-electron chi connectivity index (χ3n) is 3.53. The highest BCUT2D eigenvalue weighted by molar-refractivity contribution is 5.88. The van der Waals surface area contributed by atoms with Crippen molar-refractivity contribution in [2.24, 2.45) is 7.05 Å². The quantitative estimate of drug-likeness (QED) is 0.702. The van der Waals surface area contributed by atoms with Crippen LogP contribution >= 0.6 is 0 Å². The first-order valence-corrected chi connectivity index (χ1v) is 6.56. The van der Waals surface area contributed by atoms with E-state index in [0.717, 1.165) is 5.56 Å². The van der Waals surface area contributed by atoms with Crippen LogP contribution in [0.15, 0.2) is 36.8 Å². The van der Waals surface area contributed by atoms with Crippen LogP contribution in [-0.4, -0.2) is 14.8 Å². The minimum absolute atomic E-state index is 0.145. The van der Waals surface area contributed by atoms with Gasteiger partial charge in [-0.1, -0.05) is 26.8 Å². The summed E-state index contributed by atoms with van der Waals surface area (Å²) in [7, 11) is 1.94. The predicted octanol–water partition coefficient (Wildman–Crippen LogP) is 3.87. The van der Waals surface area contributed by atoms with Gasteiger partial charge in [-0.3, -0.25) is 4.68 Å². The second-order valence-corrected chi connectivity index (χ2v) is 6.12. The van der Waals surface area contributed by atoms with Crippen LogP contribution in [0.5, 0.6) is 0 Å². The van der Waals surface area contributed by atoms with Crippen molar-refractivity contribution < 1.29 is 0 Å². The zero-order chi connectivity index (χ0) is 13.6. The van der Waals surface area contributed by atoms with Crippen molar-refractivity contribution >= 4 is 10.9 Å². The summed E-state index contributed by atoms with van der Waals surface area (Å²) in [5, 5.41) is 5.54. The van der Waals surface area contributed by atoms with E-state index in [1.54, 1.807) is 0 Å². The second kappa shape index (κ2) is 3.98. The van der Waals surface area contributed by atoms with Gasteiger partial charge in [0.2, 0.25) is 0 Å². The van der Waals surface area contributed by atoms with Crippen molar-refractivity contribution in [2.75, 3.05) is 0 Å². The van der Waals surface area contributed by atoms with E-state index < -0.39 is 0 Å². The molecule has 19 heavy (non-hydrogen) atoms. The first-order valence-electron chi connectivity index (χ1n) is 6.56. The van der Waals surface area contributed by atoms with Crippen molar-refractivity contribution in [3.05, 3.63) is 42.4 Å². The summed E-state index contributed by atoms with van der Waals surface area (Å²) in [5.74, 6) is 0. The van der Waals surface area contributed by atoms with E-state index in [1.807, 2.05) is 24.1 Å². The van der Waals surface area contributed by atoms with Gasteiger partial charge in [0.05, 0.1) is 6.20 Å². The molecule has 1 N–H and O–H groups in total. The van der Waals surface area contributed by atoms with Gasteiger partial charge in [0.1, 0.15) is 0 Å². The molecule has 0 atom stereocenters. The molecule has 0 saturated carbocycles. The van der Waals surface area contributed by atoms with Crippen LogP contribution in [0.2, 0.25) is 0 Å². The van der Waals surface area contributed by atoms with Crippen molar-refractivity contribution in [2.45, 2.75) is 26.2 Å². The smallest absolute Gasteiger partial charge is 0.0568 e. The Balaban J connectivity index is 2.19. The minimum atomic E-state index is 0.145. The van der Waals surface area contributed by atoms with Gasteiger partial charge in [0, 0.05) is 35.9 Å². The predicted molar refractivity (Wildman–Crippen MR) is 79.2 cm³/mol. The van der Waals surface area contributed by atoms with E-state index in [4.69, 9.17) is 0 Å². The van der Waals surface area contributed by atoms with Gasteiger partial charge in [0.25, 0.3) is 0 Å². The van der Waals surface area contributed by atoms with Crippen molar-refractivity contribution in [3.8, 4) is 11.1 Å². The van der Waals surface area contributed by atoms with E-state index in [-0.39, 0.29) is 5.41 Å². The van der Waals surface area contributed by atoms with Gasteiger partial charge in [0.15, 0.2) is 0 Å². The van der Waals surface area contributed by atoms with Crippen LogP contribution in [0.3, 0.4) is 0 Å². The highest BCUT2D eigenvalue weighted by atomic mass is 15.2. The van der Waals surface area contributed by atoms with Crippen LogP contribution in [0, 0.1) is 0 Å². The molecular formula is C16H19N3. The normalized spacial score (nSPS) is 12.2. The molecule has 0 aliphatic rings. The second-order valence-electron chi connectivity index (χ2n) is 6.12. The maximum atomic E-state index is 4.24. The third kappa shape index (κ3) is 2.05. The number of nitrogens with zero attached hydrogens (tertiary/aromatic N) is 2. The molecule has 0 aliphatic carbocycles. The number of aryl methyl sites for hydroxylation is 1. The monoisotopic (exact) mass is 253 g/mol. The lowest BCUT2D eigenvalue weighted by atomic mass is 9.86. The molecule has 3 aromatic rings. The molecular weight excluding hydrogens is 234 g/mol. The Kier molecular flexibility index (Phi) is 2.52. The molecule has 1 aromatic carbocycles. The molecule has 2 heterocycles. The topological polar surface area (TPSA) is 33.6 Å². The Hall–Kier alpha value is -2.03. The molecule has 0 amide bonds. The number of hydrogen-bond acceptors (Lipinski definition) is 1. The molecule has 0 unspecified atom stereocenters. The summed E-state index contributed by atoms with van der Waals surface area (Å²) in [6.45, 7) is 6.73. The number of rotatable bonds is 1. The molecule has 0 bridgehead atoms. The maximum absolute atomic E-state index is 4.24. The molecule has 0 fully saturated rings. The number of aromatic nitrogens is 3. The summed E-state index contributed by atoms with van der Waals surface area (Å²) < 4.78 is 1.83. The number of H-pyrrole nitrogens is 1. The lowest BCUT2D eigenvalue weighted by molar-refractivity contribution is 0.596. The summed E-state index contributed by atoms with van der Waals surface area (Å²) >= 11 is 0. The van der Waals surface area contributed by atoms with E-state index in [1.165, 1.54) is 22.0 Å². The summed E-state index contributed by atoms with van der Waals surface area (Å²) in [5.41, 5.74) is 5.06. The Labute approximate surface area is 113 Å². The average Bonchev–Trinajstić information content (AvgIpc) is 2.92. The van der Waals surface area contributed by atoms with Crippen molar-refractivity contribution in [1.82, 2.24) is 14.8 Å². The molecule has 0 spiro atoms. The molecule has 3 rings (SSSR count). The molecule has 0 aliphatic heterocycles. The fraction of sp³-hybridized carbons (Fsp3) is 0.312. The van der Waals surface area contributed by atoms with Crippen molar-refractivity contribution in [3.63, 3.8) is 0 Å². The Bertz CT molecular complexity index is 726. The largest absolute Gasteiger partial charge is 0.361 e. The first-order chi connectivity index (χ1) is 8.95. The fourth-order valence-electron chi connectivity index (χ4n) is 2.49. The Morgan fingerprint density at radius 2 is 1.95 bits per heavy atom. The highest BCUT2D eigenvalue weighted by Crippen LogP contribution is 2.32. The number of nitrogens with one attached hydrogen (secondary N) is 1. The zero-order valence-electron chi connectivity index (χ0n) is 11.9. The van der Waals surface area contributed by atoms with E-state index in [2.05, 4.69) is 55.2 Å². The van der Waals surface area contributed by atoms with Gasteiger partial charge in [-0.2, -0.15) is 5.10 Å². The van der Waals surface area contributed by atoms with E-state index in [9.17, 15) is 0 Å². The minimum Gasteiger partial charge on any atom is -0.361 e.